The van der Waals surface area contributed by atoms with E-state index in [9.17, 15) is 4.79 Å². The molecular weight excluding hydrogens is 176 g/mol. The van der Waals surface area contributed by atoms with Crippen LogP contribution < -0.4 is 11.1 Å². The Hall–Kier alpha value is -0.570. The van der Waals surface area contributed by atoms with Crippen molar-refractivity contribution in [3.8, 4) is 0 Å². The number of carbonyl (C=O) groups is 1. The van der Waals surface area contributed by atoms with Gasteiger partial charge in [-0.15, -0.1) is 0 Å². The summed E-state index contributed by atoms with van der Waals surface area (Å²) < 4.78 is 0. The average molecular weight is 198 g/mol. The molecule has 0 aromatic heterocycles. The molecule has 1 fully saturated rings. The lowest BCUT2D eigenvalue weighted by atomic mass is 9.77. The van der Waals surface area contributed by atoms with Crippen LogP contribution in [0, 0.1) is 5.92 Å². The summed E-state index contributed by atoms with van der Waals surface area (Å²) in [5.41, 5.74) is 5.36. The third-order valence-electron chi connectivity index (χ3n) is 2.90. The molecule has 0 bridgehead atoms. The van der Waals surface area contributed by atoms with Crippen LogP contribution in [0.2, 0.25) is 0 Å². The molecule has 1 rings (SSSR count). The average Bonchev–Trinajstić information content (AvgIpc) is 1.97. The molecule has 1 aliphatic carbocycles. The molecule has 0 heterocycles. The summed E-state index contributed by atoms with van der Waals surface area (Å²) in [5.74, 6) is 0.650. The second-order valence-electron chi connectivity index (χ2n) is 5.01. The third kappa shape index (κ3) is 2.71. The second kappa shape index (κ2) is 4.30. The molecule has 3 heteroatoms. The Morgan fingerprint density at radius 2 is 2.00 bits per heavy atom. The maximum Gasteiger partial charge on any atom is 0.240 e. The Balaban J connectivity index is 2.32. The highest BCUT2D eigenvalue weighted by molar-refractivity contribution is 5.87. The third-order valence-corrected chi connectivity index (χ3v) is 2.90. The van der Waals surface area contributed by atoms with Gasteiger partial charge in [0.2, 0.25) is 5.91 Å². The van der Waals surface area contributed by atoms with Gasteiger partial charge in [-0.25, -0.2) is 0 Å². The lowest BCUT2D eigenvalue weighted by Gasteiger charge is -2.37. The molecule has 3 nitrogen and oxygen atoms in total. The molecular formula is C11H22N2O. The number of hydrogen-bond donors (Lipinski definition) is 2. The van der Waals surface area contributed by atoms with E-state index in [1.165, 1.54) is 0 Å². The number of amides is 1. The highest BCUT2D eigenvalue weighted by Gasteiger charge is 2.40. The topological polar surface area (TPSA) is 55.1 Å². The summed E-state index contributed by atoms with van der Waals surface area (Å²) in [4.78, 5) is 11.7. The van der Waals surface area contributed by atoms with E-state index in [4.69, 9.17) is 5.73 Å². The van der Waals surface area contributed by atoms with Crippen LogP contribution in [-0.2, 0) is 4.79 Å². The Labute approximate surface area is 86.4 Å². The standard InChI is InChI=1S/C11H22N2O/c1-8(2)7-9(3)13-10(14)11(12)5-4-6-11/h8-9H,4-7,12H2,1-3H3,(H,13,14). The van der Waals surface area contributed by atoms with Crippen molar-refractivity contribution in [1.82, 2.24) is 5.32 Å². The van der Waals surface area contributed by atoms with E-state index in [0.717, 1.165) is 25.7 Å². The van der Waals surface area contributed by atoms with Crippen LogP contribution in [0.4, 0.5) is 0 Å². The maximum absolute atomic E-state index is 11.7. The van der Waals surface area contributed by atoms with Crippen molar-refractivity contribution in [2.75, 3.05) is 0 Å². The fourth-order valence-corrected chi connectivity index (χ4v) is 1.92. The predicted octanol–water partition coefficient (Wildman–Crippen LogP) is 1.42. The van der Waals surface area contributed by atoms with Crippen molar-refractivity contribution in [3.05, 3.63) is 0 Å². The van der Waals surface area contributed by atoms with E-state index in [1.807, 2.05) is 6.92 Å². The molecule has 0 radical (unpaired) electrons. The van der Waals surface area contributed by atoms with Gasteiger partial charge >= 0.3 is 0 Å². The first-order valence-electron chi connectivity index (χ1n) is 5.54. The smallest absolute Gasteiger partial charge is 0.240 e. The molecule has 0 aliphatic heterocycles. The SMILES string of the molecule is CC(C)CC(C)NC(=O)C1(N)CCC1. The van der Waals surface area contributed by atoms with Gasteiger partial charge in [0.15, 0.2) is 0 Å². The Morgan fingerprint density at radius 3 is 2.36 bits per heavy atom. The zero-order valence-corrected chi connectivity index (χ0v) is 9.47. The van der Waals surface area contributed by atoms with E-state index in [2.05, 4.69) is 19.2 Å². The van der Waals surface area contributed by atoms with Crippen LogP contribution in [-0.4, -0.2) is 17.5 Å². The van der Waals surface area contributed by atoms with Gasteiger partial charge in [0.05, 0.1) is 5.54 Å². The highest BCUT2D eigenvalue weighted by atomic mass is 16.2. The first-order valence-corrected chi connectivity index (χ1v) is 5.54. The molecule has 0 saturated heterocycles. The second-order valence-corrected chi connectivity index (χ2v) is 5.01. The summed E-state index contributed by atoms with van der Waals surface area (Å²) in [5, 5.41) is 2.99. The highest BCUT2D eigenvalue weighted by Crippen LogP contribution is 2.29. The van der Waals surface area contributed by atoms with Crippen molar-refractivity contribution in [2.45, 2.75) is 58.0 Å². The van der Waals surface area contributed by atoms with Gasteiger partial charge in [0.1, 0.15) is 0 Å². The molecule has 0 aromatic rings. The number of rotatable bonds is 4. The van der Waals surface area contributed by atoms with Crippen LogP contribution in [0.5, 0.6) is 0 Å². The number of nitrogens with one attached hydrogen (secondary N) is 1. The molecule has 1 saturated carbocycles. The Bertz CT molecular complexity index is 209. The number of hydrogen-bond acceptors (Lipinski definition) is 2. The van der Waals surface area contributed by atoms with Gasteiger partial charge in [0.25, 0.3) is 0 Å². The van der Waals surface area contributed by atoms with Crippen LogP contribution in [0.1, 0.15) is 46.5 Å². The summed E-state index contributed by atoms with van der Waals surface area (Å²) in [6.45, 7) is 6.36. The summed E-state index contributed by atoms with van der Waals surface area (Å²) in [6.07, 6.45) is 3.78. The van der Waals surface area contributed by atoms with Crippen molar-refractivity contribution in [1.29, 1.82) is 0 Å². The molecule has 3 N–H and O–H groups in total. The molecule has 14 heavy (non-hydrogen) atoms. The molecule has 0 aromatic carbocycles. The summed E-state index contributed by atoms with van der Waals surface area (Å²) >= 11 is 0. The van der Waals surface area contributed by atoms with Crippen molar-refractivity contribution < 1.29 is 4.79 Å². The van der Waals surface area contributed by atoms with Gasteiger partial charge in [-0.2, -0.15) is 0 Å². The monoisotopic (exact) mass is 198 g/mol. The van der Waals surface area contributed by atoms with Crippen molar-refractivity contribution >= 4 is 5.91 Å². The number of nitrogens with two attached hydrogens (primary N) is 1. The van der Waals surface area contributed by atoms with Crippen molar-refractivity contribution in [3.63, 3.8) is 0 Å². The van der Waals surface area contributed by atoms with Gasteiger partial charge in [-0.1, -0.05) is 13.8 Å². The predicted molar refractivity (Wildman–Crippen MR) is 57.8 cm³/mol. The molecule has 1 unspecified atom stereocenters. The molecule has 1 atom stereocenters. The fraction of sp³-hybridized carbons (Fsp3) is 0.909. The lowest BCUT2D eigenvalue weighted by Crippen LogP contribution is -2.59. The zero-order chi connectivity index (χ0) is 10.8. The van der Waals surface area contributed by atoms with E-state index in [-0.39, 0.29) is 11.9 Å². The first kappa shape index (κ1) is 11.5. The minimum Gasteiger partial charge on any atom is -0.352 e. The first-order chi connectivity index (χ1) is 6.44. The van der Waals surface area contributed by atoms with Crippen LogP contribution in [0.3, 0.4) is 0 Å². The van der Waals surface area contributed by atoms with Crippen LogP contribution in [0.25, 0.3) is 0 Å². The normalized spacial score (nSPS) is 21.5. The van der Waals surface area contributed by atoms with Gasteiger partial charge in [0, 0.05) is 6.04 Å². The van der Waals surface area contributed by atoms with E-state index < -0.39 is 5.54 Å². The van der Waals surface area contributed by atoms with Crippen LogP contribution >= 0.6 is 0 Å². The minimum absolute atomic E-state index is 0.0388. The molecule has 1 aliphatic rings. The summed E-state index contributed by atoms with van der Waals surface area (Å²) in [7, 11) is 0. The van der Waals surface area contributed by atoms with E-state index in [1.54, 1.807) is 0 Å². The Kier molecular flexibility index (Phi) is 3.53. The largest absolute Gasteiger partial charge is 0.352 e. The molecule has 0 spiro atoms. The minimum atomic E-state index is -0.550. The Morgan fingerprint density at radius 1 is 1.43 bits per heavy atom. The van der Waals surface area contributed by atoms with Crippen LogP contribution in [0.15, 0.2) is 0 Å². The van der Waals surface area contributed by atoms with Gasteiger partial charge in [-0.05, 0) is 38.5 Å². The quantitative estimate of drug-likeness (QED) is 0.717. The van der Waals surface area contributed by atoms with E-state index in [0.29, 0.717) is 5.92 Å². The maximum atomic E-state index is 11.7. The van der Waals surface area contributed by atoms with E-state index >= 15 is 0 Å². The van der Waals surface area contributed by atoms with Gasteiger partial charge < -0.3 is 11.1 Å². The molecule has 82 valence electrons. The zero-order valence-electron chi connectivity index (χ0n) is 9.47. The summed E-state index contributed by atoms with van der Waals surface area (Å²) in [6, 6.07) is 0.239. The lowest BCUT2D eigenvalue weighted by molar-refractivity contribution is -0.129. The van der Waals surface area contributed by atoms with Gasteiger partial charge in [-0.3, -0.25) is 4.79 Å². The van der Waals surface area contributed by atoms with Crippen molar-refractivity contribution in [2.24, 2.45) is 11.7 Å². The fourth-order valence-electron chi connectivity index (χ4n) is 1.92. The number of carbonyl (C=O) groups excluding carboxylic acids is 1. The molecule has 1 amide bonds.